The highest BCUT2D eigenvalue weighted by Gasteiger charge is 2.30. The summed E-state index contributed by atoms with van der Waals surface area (Å²) in [6.45, 7) is 17.8. The third-order valence-electron chi connectivity index (χ3n) is 8.21. The van der Waals surface area contributed by atoms with Crippen molar-refractivity contribution in [2.24, 2.45) is 31.3 Å². The molecule has 3 aromatic rings. The lowest BCUT2D eigenvalue weighted by Crippen LogP contribution is -2.21. The molecule has 0 radical (unpaired) electrons. The van der Waals surface area contributed by atoms with Gasteiger partial charge >= 0.3 is 0 Å². The summed E-state index contributed by atoms with van der Waals surface area (Å²) in [4.78, 5) is 31.7. The molecule has 0 bridgehead atoms. The van der Waals surface area contributed by atoms with Crippen LogP contribution in [0.3, 0.4) is 0 Å². The van der Waals surface area contributed by atoms with Crippen LogP contribution in [0.15, 0.2) is 151 Å². The molecule has 2 aliphatic carbocycles. The van der Waals surface area contributed by atoms with E-state index >= 15 is 0 Å². The molecule has 7 heteroatoms. The first-order valence-corrected chi connectivity index (χ1v) is 16.4. The van der Waals surface area contributed by atoms with Crippen molar-refractivity contribution in [1.29, 1.82) is 0 Å². The van der Waals surface area contributed by atoms with E-state index < -0.39 is 0 Å². The number of aromatic nitrogens is 1. The molecule has 5 rings (SSSR count). The van der Waals surface area contributed by atoms with E-state index in [2.05, 4.69) is 10.2 Å². The number of carbonyl (C=O) groups is 2. The van der Waals surface area contributed by atoms with Gasteiger partial charge in [-0.05, 0) is 109 Å². The second-order valence-electron chi connectivity index (χ2n) is 14.5. The Bertz CT molecular complexity index is 1910. The van der Waals surface area contributed by atoms with Gasteiger partial charge in [0.2, 0.25) is 0 Å². The summed E-state index contributed by atoms with van der Waals surface area (Å²) in [5.41, 5.74) is 7.77. The quantitative estimate of drug-likeness (QED) is 0.249. The molecule has 49 heavy (non-hydrogen) atoms. The van der Waals surface area contributed by atoms with Gasteiger partial charge in [-0.15, -0.1) is 10.2 Å². The molecule has 0 fully saturated rings. The molecule has 0 atom stereocenters. The standard InChI is InChI=1S/C42H43N5O2/c1-26-20-35(37(46-44-31-16-12-10-13-17-31)29-22-27(2)39(48)33(24-29)41(4,5)6)43-36(21-26)38(47-45-32-18-14-11-15-19-32)30-23-28(3)40(49)34(25-30)42(7,8)9/h10-25H,1-9H3/b37-29+,38-30+,46-44+,47-45+. The number of benzene rings is 2. The summed E-state index contributed by atoms with van der Waals surface area (Å²) in [7, 11) is 0. The molecule has 0 N–H and O–H groups in total. The number of azo groups is 2. The molecule has 0 spiro atoms. The number of carbonyl (C=O) groups excluding carboxylic acids is 2. The molecule has 0 aliphatic heterocycles. The normalized spacial score (nSPS) is 18.0. The summed E-state index contributed by atoms with van der Waals surface area (Å²) in [6, 6.07) is 22.9. The molecular weight excluding hydrogens is 606 g/mol. The fourth-order valence-corrected chi connectivity index (χ4v) is 5.56. The van der Waals surface area contributed by atoms with Crippen molar-refractivity contribution >= 4 is 34.3 Å². The van der Waals surface area contributed by atoms with Gasteiger partial charge in [-0.1, -0.05) is 77.9 Å². The van der Waals surface area contributed by atoms with Crippen LogP contribution in [0.5, 0.6) is 0 Å². The number of Topliss-reactive ketones (excluding diaryl/α,β-unsaturated/α-hetero) is 2. The van der Waals surface area contributed by atoms with Crippen LogP contribution in [0.2, 0.25) is 0 Å². The fraction of sp³-hybridized carbons (Fsp3) is 0.262. The van der Waals surface area contributed by atoms with E-state index in [1.165, 1.54) is 0 Å². The number of nitrogens with zero attached hydrogens (tertiary/aromatic N) is 5. The van der Waals surface area contributed by atoms with Crippen molar-refractivity contribution in [1.82, 2.24) is 4.98 Å². The summed E-state index contributed by atoms with van der Waals surface area (Å²) in [5.74, 6) is 0.0227. The van der Waals surface area contributed by atoms with Crippen LogP contribution in [-0.2, 0) is 9.59 Å². The van der Waals surface area contributed by atoms with E-state index in [1.54, 1.807) is 0 Å². The maximum Gasteiger partial charge on any atom is 0.185 e. The highest BCUT2D eigenvalue weighted by atomic mass is 16.1. The van der Waals surface area contributed by atoms with Crippen molar-refractivity contribution in [2.45, 2.75) is 62.3 Å². The van der Waals surface area contributed by atoms with Gasteiger partial charge < -0.3 is 0 Å². The zero-order valence-corrected chi connectivity index (χ0v) is 29.8. The van der Waals surface area contributed by atoms with Crippen LogP contribution in [-0.4, -0.2) is 16.6 Å². The second kappa shape index (κ2) is 14.0. The smallest absolute Gasteiger partial charge is 0.185 e. The van der Waals surface area contributed by atoms with E-state index in [1.807, 2.05) is 159 Å². The molecule has 2 aromatic carbocycles. The first kappa shape index (κ1) is 34.9. The van der Waals surface area contributed by atoms with Crippen LogP contribution in [0.4, 0.5) is 11.4 Å². The van der Waals surface area contributed by atoms with Crippen LogP contribution in [0, 0.1) is 17.8 Å². The number of allylic oxidation sites excluding steroid dienone is 10. The summed E-state index contributed by atoms with van der Waals surface area (Å²) in [6.07, 6.45) is 7.52. The minimum atomic E-state index is -0.389. The Morgan fingerprint density at radius 3 is 1.27 bits per heavy atom. The predicted octanol–water partition coefficient (Wildman–Crippen LogP) is 11.4. The average Bonchev–Trinajstić information content (AvgIpc) is 3.04. The Morgan fingerprint density at radius 1 is 0.551 bits per heavy atom. The number of pyridine rings is 1. The molecule has 0 unspecified atom stereocenters. The molecule has 248 valence electrons. The zero-order valence-electron chi connectivity index (χ0n) is 29.8. The first-order valence-electron chi connectivity index (χ1n) is 16.4. The number of rotatable bonds is 6. The molecular formula is C42H43N5O2. The van der Waals surface area contributed by atoms with Crippen molar-refractivity contribution in [3.05, 3.63) is 147 Å². The minimum absolute atomic E-state index is 0.0114. The monoisotopic (exact) mass is 649 g/mol. The predicted molar refractivity (Wildman–Crippen MR) is 197 cm³/mol. The third-order valence-corrected chi connectivity index (χ3v) is 8.21. The van der Waals surface area contributed by atoms with E-state index in [0.717, 1.165) is 16.7 Å². The minimum Gasteiger partial charge on any atom is -0.289 e. The van der Waals surface area contributed by atoms with Crippen LogP contribution >= 0.6 is 0 Å². The maximum atomic E-state index is 13.3. The van der Waals surface area contributed by atoms with Gasteiger partial charge in [0.1, 0.15) is 11.4 Å². The van der Waals surface area contributed by atoms with Crippen molar-refractivity contribution in [3.63, 3.8) is 0 Å². The maximum absolute atomic E-state index is 13.3. The van der Waals surface area contributed by atoms with E-state index in [-0.39, 0.29) is 22.4 Å². The van der Waals surface area contributed by atoms with E-state index in [9.17, 15) is 9.59 Å². The Labute approximate surface area is 289 Å². The number of aryl methyl sites for hydroxylation is 1. The Hall–Kier alpha value is -5.43. The van der Waals surface area contributed by atoms with Crippen molar-refractivity contribution in [2.75, 3.05) is 0 Å². The Balaban J connectivity index is 1.80. The molecule has 0 saturated heterocycles. The summed E-state index contributed by atoms with van der Waals surface area (Å²) in [5, 5.41) is 18.7. The van der Waals surface area contributed by atoms with Gasteiger partial charge in [0.05, 0.1) is 22.8 Å². The van der Waals surface area contributed by atoms with E-state index in [0.29, 0.717) is 56.4 Å². The number of hydrogen-bond donors (Lipinski definition) is 0. The molecule has 2 aliphatic rings. The Morgan fingerprint density at radius 2 is 0.918 bits per heavy atom. The van der Waals surface area contributed by atoms with Gasteiger partial charge in [0.25, 0.3) is 0 Å². The lowest BCUT2D eigenvalue weighted by atomic mass is 9.78. The van der Waals surface area contributed by atoms with Gasteiger partial charge in [-0.25, -0.2) is 4.98 Å². The first-order chi connectivity index (χ1) is 23.1. The second-order valence-corrected chi connectivity index (χ2v) is 14.5. The fourth-order valence-electron chi connectivity index (χ4n) is 5.56. The molecule has 0 saturated carbocycles. The van der Waals surface area contributed by atoms with Crippen LogP contribution in [0.1, 0.15) is 72.3 Å². The van der Waals surface area contributed by atoms with Gasteiger partial charge in [0.15, 0.2) is 11.6 Å². The zero-order chi connectivity index (χ0) is 35.5. The topological polar surface area (TPSA) is 96.5 Å². The Kier molecular flexibility index (Phi) is 9.95. The van der Waals surface area contributed by atoms with Crippen molar-refractivity contribution < 1.29 is 9.59 Å². The van der Waals surface area contributed by atoms with Gasteiger partial charge in [-0.2, -0.15) is 10.2 Å². The molecule has 1 heterocycles. The van der Waals surface area contributed by atoms with Crippen molar-refractivity contribution in [3.8, 4) is 0 Å². The van der Waals surface area contributed by atoms with Gasteiger partial charge in [0, 0.05) is 22.3 Å². The van der Waals surface area contributed by atoms with Crippen LogP contribution < -0.4 is 0 Å². The van der Waals surface area contributed by atoms with Crippen LogP contribution in [0.25, 0.3) is 11.4 Å². The SMILES string of the molecule is CC1=C/C(=C(\N=N\c2ccccc2)c2cc(C)cc(C(/N=N/c3ccccc3)=C3/C=C(C)C(=O)C(C(C)(C)C)=C3)n2)C=C(C(C)(C)C)C1=O. The highest BCUT2D eigenvalue weighted by molar-refractivity contribution is 6.12. The molecule has 1 aromatic heterocycles. The van der Waals surface area contributed by atoms with E-state index in [4.69, 9.17) is 15.2 Å². The number of ketones is 2. The lowest BCUT2D eigenvalue weighted by Gasteiger charge is -2.26. The highest BCUT2D eigenvalue weighted by Crippen LogP contribution is 2.38. The third kappa shape index (κ3) is 8.18. The summed E-state index contributed by atoms with van der Waals surface area (Å²) < 4.78 is 0. The largest absolute Gasteiger partial charge is 0.289 e. The number of hydrogen-bond acceptors (Lipinski definition) is 7. The average molecular weight is 650 g/mol. The molecule has 7 nitrogen and oxygen atoms in total. The van der Waals surface area contributed by atoms with Gasteiger partial charge in [-0.3, -0.25) is 9.59 Å². The lowest BCUT2D eigenvalue weighted by molar-refractivity contribution is -0.113. The molecule has 0 amide bonds. The summed E-state index contributed by atoms with van der Waals surface area (Å²) >= 11 is 0.